The standard InChI is InChI=1S/C11H12F3N3O3/c1-15-10(18)4-5-16-8-3-2-7(11(12,13)14)6-9(8)17(19)20/h2-3,6,16H,4-5H2,1H3,(H,15,18). The Hall–Kier alpha value is -2.32. The lowest BCUT2D eigenvalue weighted by atomic mass is 10.1. The van der Waals surface area contributed by atoms with Crippen LogP contribution in [-0.2, 0) is 11.0 Å². The highest BCUT2D eigenvalue weighted by molar-refractivity contribution is 5.76. The summed E-state index contributed by atoms with van der Waals surface area (Å²) in [6, 6.07) is 2.18. The van der Waals surface area contributed by atoms with Crippen LogP contribution in [0.3, 0.4) is 0 Å². The number of amides is 1. The van der Waals surface area contributed by atoms with Crippen LogP contribution < -0.4 is 10.6 Å². The van der Waals surface area contributed by atoms with Crippen molar-refractivity contribution in [1.29, 1.82) is 0 Å². The third kappa shape index (κ3) is 4.11. The number of benzene rings is 1. The first-order valence-electron chi connectivity index (χ1n) is 5.55. The molecule has 0 unspecified atom stereocenters. The van der Waals surface area contributed by atoms with Gasteiger partial charge in [0.05, 0.1) is 10.5 Å². The molecule has 1 aromatic rings. The van der Waals surface area contributed by atoms with Crippen LogP contribution in [-0.4, -0.2) is 24.4 Å². The predicted octanol–water partition coefficient (Wildman–Crippen LogP) is 2.16. The van der Waals surface area contributed by atoms with Crippen molar-refractivity contribution in [2.75, 3.05) is 18.9 Å². The van der Waals surface area contributed by atoms with Gasteiger partial charge in [0.25, 0.3) is 5.69 Å². The van der Waals surface area contributed by atoms with E-state index in [2.05, 4.69) is 10.6 Å². The monoisotopic (exact) mass is 291 g/mol. The first-order chi connectivity index (χ1) is 9.25. The highest BCUT2D eigenvalue weighted by Crippen LogP contribution is 2.34. The maximum absolute atomic E-state index is 12.5. The Balaban J connectivity index is 2.91. The van der Waals surface area contributed by atoms with Gasteiger partial charge in [-0.3, -0.25) is 14.9 Å². The molecule has 2 N–H and O–H groups in total. The molecule has 0 bridgehead atoms. The molecule has 0 fully saturated rings. The van der Waals surface area contributed by atoms with Gasteiger partial charge in [-0.25, -0.2) is 0 Å². The normalized spacial score (nSPS) is 11.0. The molecule has 9 heteroatoms. The Morgan fingerprint density at radius 3 is 2.55 bits per heavy atom. The van der Waals surface area contributed by atoms with Crippen molar-refractivity contribution >= 4 is 17.3 Å². The molecule has 1 aromatic carbocycles. The number of nitro groups is 1. The topological polar surface area (TPSA) is 84.3 Å². The molecule has 1 rings (SSSR count). The molecular weight excluding hydrogens is 279 g/mol. The van der Waals surface area contributed by atoms with E-state index in [-0.39, 0.29) is 24.6 Å². The number of halogens is 3. The molecule has 0 heterocycles. The van der Waals surface area contributed by atoms with Crippen molar-refractivity contribution in [1.82, 2.24) is 5.32 Å². The van der Waals surface area contributed by atoms with E-state index in [0.717, 1.165) is 12.1 Å². The second kappa shape index (κ2) is 6.22. The molecule has 20 heavy (non-hydrogen) atoms. The smallest absolute Gasteiger partial charge is 0.379 e. The molecule has 0 spiro atoms. The average molecular weight is 291 g/mol. The highest BCUT2D eigenvalue weighted by atomic mass is 19.4. The quantitative estimate of drug-likeness (QED) is 0.643. The van der Waals surface area contributed by atoms with Gasteiger partial charge in [0.15, 0.2) is 0 Å². The second-order valence-corrected chi connectivity index (χ2v) is 3.84. The fourth-order valence-electron chi connectivity index (χ4n) is 1.44. The van der Waals surface area contributed by atoms with Crippen LogP contribution in [0, 0.1) is 10.1 Å². The summed E-state index contributed by atoms with van der Waals surface area (Å²) in [5.41, 5.74) is -1.84. The number of anilines is 1. The molecule has 0 atom stereocenters. The summed E-state index contributed by atoms with van der Waals surface area (Å²) in [7, 11) is 1.43. The minimum absolute atomic E-state index is 0.0503. The number of carbonyl (C=O) groups is 1. The van der Waals surface area contributed by atoms with Crippen molar-refractivity contribution in [3.05, 3.63) is 33.9 Å². The van der Waals surface area contributed by atoms with E-state index in [4.69, 9.17) is 0 Å². The van der Waals surface area contributed by atoms with Crippen molar-refractivity contribution < 1.29 is 22.9 Å². The van der Waals surface area contributed by atoms with E-state index >= 15 is 0 Å². The van der Waals surface area contributed by atoms with Gasteiger partial charge in [0.2, 0.25) is 5.91 Å². The van der Waals surface area contributed by atoms with Gasteiger partial charge in [-0.2, -0.15) is 13.2 Å². The molecule has 0 radical (unpaired) electrons. The van der Waals surface area contributed by atoms with Crippen LogP contribution in [0.25, 0.3) is 0 Å². The summed E-state index contributed by atoms with van der Waals surface area (Å²) in [6.45, 7) is 0.0753. The number of alkyl halides is 3. The maximum atomic E-state index is 12.5. The van der Waals surface area contributed by atoms with E-state index < -0.39 is 22.4 Å². The van der Waals surface area contributed by atoms with Crippen LogP contribution in [0.2, 0.25) is 0 Å². The molecule has 1 amide bonds. The van der Waals surface area contributed by atoms with Gasteiger partial charge in [-0.05, 0) is 12.1 Å². The van der Waals surface area contributed by atoms with Crippen molar-refractivity contribution in [3.8, 4) is 0 Å². The number of hydrogen-bond acceptors (Lipinski definition) is 4. The molecule has 0 saturated carbocycles. The molecular formula is C11H12F3N3O3. The van der Waals surface area contributed by atoms with Gasteiger partial charge in [-0.1, -0.05) is 0 Å². The van der Waals surface area contributed by atoms with Gasteiger partial charge < -0.3 is 10.6 Å². The number of rotatable bonds is 5. The zero-order valence-corrected chi connectivity index (χ0v) is 10.5. The molecule has 110 valence electrons. The Bertz CT molecular complexity index is 517. The number of carbonyl (C=O) groups excluding carboxylic acids is 1. The lowest BCUT2D eigenvalue weighted by Crippen LogP contribution is -2.21. The Morgan fingerprint density at radius 2 is 2.05 bits per heavy atom. The summed E-state index contributed by atoms with van der Waals surface area (Å²) in [6.07, 6.45) is -4.60. The fraction of sp³-hybridized carbons (Fsp3) is 0.364. The summed E-state index contributed by atoms with van der Waals surface area (Å²) >= 11 is 0. The maximum Gasteiger partial charge on any atom is 0.416 e. The molecule has 0 aliphatic rings. The predicted molar refractivity (Wildman–Crippen MR) is 65.3 cm³/mol. The number of nitrogens with one attached hydrogen (secondary N) is 2. The average Bonchev–Trinajstić information content (AvgIpc) is 2.37. The van der Waals surface area contributed by atoms with Crippen LogP contribution in [0.5, 0.6) is 0 Å². The summed E-state index contributed by atoms with van der Waals surface area (Å²) in [4.78, 5) is 20.8. The Morgan fingerprint density at radius 1 is 1.40 bits per heavy atom. The Kier molecular flexibility index (Phi) is 4.89. The van der Waals surface area contributed by atoms with E-state index in [1.165, 1.54) is 7.05 Å². The number of hydrogen-bond donors (Lipinski definition) is 2. The number of nitro benzene ring substituents is 1. The van der Waals surface area contributed by atoms with E-state index in [1.54, 1.807) is 0 Å². The van der Waals surface area contributed by atoms with Crippen LogP contribution in [0.4, 0.5) is 24.5 Å². The summed E-state index contributed by atoms with van der Waals surface area (Å²) < 4.78 is 37.4. The molecule has 0 saturated heterocycles. The minimum atomic E-state index is -4.65. The third-order valence-corrected chi connectivity index (χ3v) is 2.47. The zero-order valence-electron chi connectivity index (χ0n) is 10.5. The van der Waals surface area contributed by atoms with Gasteiger partial charge in [-0.15, -0.1) is 0 Å². The molecule has 6 nitrogen and oxygen atoms in total. The lowest BCUT2D eigenvalue weighted by molar-refractivity contribution is -0.384. The molecule has 0 aromatic heterocycles. The van der Waals surface area contributed by atoms with E-state index in [9.17, 15) is 28.1 Å². The van der Waals surface area contributed by atoms with Crippen LogP contribution >= 0.6 is 0 Å². The zero-order chi connectivity index (χ0) is 15.3. The van der Waals surface area contributed by atoms with Crippen molar-refractivity contribution in [2.24, 2.45) is 0 Å². The summed E-state index contributed by atoms with van der Waals surface area (Å²) in [5, 5.41) is 15.7. The van der Waals surface area contributed by atoms with E-state index in [1.807, 2.05) is 0 Å². The molecule has 0 aliphatic heterocycles. The third-order valence-electron chi connectivity index (χ3n) is 2.47. The van der Waals surface area contributed by atoms with Gasteiger partial charge >= 0.3 is 6.18 Å². The first-order valence-corrected chi connectivity index (χ1v) is 5.55. The fourth-order valence-corrected chi connectivity index (χ4v) is 1.44. The van der Waals surface area contributed by atoms with E-state index in [0.29, 0.717) is 6.07 Å². The second-order valence-electron chi connectivity index (χ2n) is 3.84. The Labute approximate surface area is 112 Å². The van der Waals surface area contributed by atoms with Gasteiger partial charge in [0.1, 0.15) is 5.69 Å². The minimum Gasteiger partial charge on any atom is -0.379 e. The molecule has 0 aliphatic carbocycles. The van der Waals surface area contributed by atoms with Crippen molar-refractivity contribution in [2.45, 2.75) is 12.6 Å². The first kappa shape index (κ1) is 15.7. The lowest BCUT2D eigenvalue weighted by Gasteiger charge is -2.10. The largest absolute Gasteiger partial charge is 0.416 e. The SMILES string of the molecule is CNC(=O)CCNc1ccc(C(F)(F)F)cc1[N+](=O)[O-]. The highest BCUT2D eigenvalue weighted by Gasteiger charge is 2.32. The van der Waals surface area contributed by atoms with Crippen LogP contribution in [0.15, 0.2) is 18.2 Å². The summed E-state index contributed by atoms with van der Waals surface area (Å²) in [5.74, 6) is -0.285. The van der Waals surface area contributed by atoms with Gasteiger partial charge in [0, 0.05) is 26.1 Å². The van der Waals surface area contributed by atoms with Crippen LogP contribution in [0.1, 0.15) is 12.0 Å². The number of nitrogens with zero attached hydrogens (tertiary/aromatic N) is 1. The van der Waals surface area contributed by atoms with Crippen molar-refractivity contribution in [3.63, 3.8) is 0 Å².